The number of nitrogens with two attached hydrogens (primary N) is 1. The van der Waals surface area contributed by atoms with Crippen LogP contribution in [-0.4, -0.2) is 51.0 Å². The van der Waals surface area contributed by atoms with E-state index in [2.05, 4.69) is 5.10 Å². The highest BCUT2D eigenvalue weighted by Crippen LogP contribution is 2.27. The zero-order valence-electron chi connectivity index (χ0n) is 15.0. The lowest BCUT2D eigenvalue weighted by molar-refractivity contribution is 0.0680. The molecule has 1 saturated heterocycles. The third kappa shape index (κ3) is 2.84. The molecule has 3 heterocycles. The third-order valence-electron chi connectivity index (χ3n) is 5.16. The van der Waals surface area contributed by atoms with E-state index in [1.165, 1.54) is 0 Å². The fourth-order valence-corrected chi connectivity index (χ4v) is 3.83. The lowest BCUT2D eigenvalue weighted by atomic mass is 10.1. The van der Waals surface area contributed by atoms with Crippen molar-refractivity contribution in [2.45, 2.75) is 25.1 Å². The number of rotatable bonds is 4. The van der Waals surface area contributed by atoms with Crippen LogP contribution in [0.4, 0.5) is 5.82 Å². The van der Waals surface area contributed by atoms with Crippen LogP contribution in [0.15, 0.2) is 42.7 Å². The Hall–Kier alpha value is -2.80. The summed E-state index contributed by atoms with van der Waals surface area (Å²) in [5, 5.41) is 5.23. The zero-order chi connectivity index (χ0) is 18.3. The zero-order valence-corrected chi connectivity index (χ0v) is 15.0. The minimum atomic E-state index is 0.0192. The molecule has 3 aromatic rings. The molecule has 0 saturated carbocycles. The Morgan fingerprint density at radius 3 is 2.88 bits per heavy atom. The lowest BCUT2D eigenvalue weighted by Crippen LogP contribution is -2.38. The standard InChI is InChI=1S/C19H23N5O2/c1-22-12-16(15-5-3-4-6-17(15)22)19(25)24-11-14(26-2)9-13(24)10-23-8-7-18(20)21-23/h3-8,12-14H,9-11H2,1-2H3,(H2,20,21)/t13-,14+/m0/s1. The topological polar surface area (TPSA) is 78.3 Å². The molecule has 0 aliphatic carbocycles. The van der Waals surface area contributed by atoms with E-state index in [-0.39, 0.29) is 18.1 Å². The van der Waals surface area contributed by atoms with Crippen molar-refractivity contribution in [1.29, 1.82) is 0 Å². The number of fused-ring (bicyclic) bond motifs is 1. The highest BCUT2D eigenvalue weighted by molar-refractivity contribution is 6.07. The number of benzene rings is 1. The number of ether oxygens (including phenoxy) is 1. The molecule has 7 nitrogen and oxygen atoms in total. The second kappa shape index (κ2) is 6.49. The second-order valence-electron chi connectivity index (χ2n) is 6.84. The molecule has 7 heteroatoms. The van der Waals surface area contributed by atoms with Gasteiger partial charge in [0.25, 0.3) is 5.91 Å². The van der Waals surface area contributed by atoms with Crippen molar-refractivity contribution in [2.24, 2.45) is 7.05 Å². The van der Waals surface area contributed by atoms with Crippen molar-refractivity contribution >= 4 is 22.6 Å². The molecule has 1 aromatic carbocycles. The van der Waals surface area contributed by atoms with Gasteiger partial charge in [-0.1, -0.05) is 18.2 Å². The molecule has 2 N–H and O–H groups in total. The van der Waals surface area contributed by atoms with Crippen LogP contribution in [-0.2, 0) is 18.3 Å². The number of nitrogens with zero attached hydrogens (tertiary/aromatic N) is 4. The first-order valence-electron chi connectivity index (χ1n) is 8.73. The van der Waals surface area contributed by atoms with Gasteiger partial charge in [-0.05, 0) is 18.6 Å². The van der Waals surface area contributed by atoms with Gasteiger partial charge in [-0.3, -0.25) is 9.48 Å². The van der Waals surface area contributed by atoms with Gasteiger partial charge in [0.15, 0.2) is 0 Å². The van der Waals surface area contributed by atoms with Crippen LogP contribution in [0.3, 0.4) is 0 Å². The van der Waals surface area contributed by atoms with Crippen molar-refractivity contribution in [1.82, 2.24) is 19.2 Å². The van der Waals surface area contributed by atoms with Crippen molar-refractivity contribution in [3.63, 3.8) is 0 Å². The van der Waals surface area contributed by atoms with Crippen LogP contribution in [0.25, 0.3) is 10.9 Å². The average Bonchev–Trinajstić information content (AvgIpc) is 3.33. The molecule has 0 spiro atoms. The van der Waals surface area contributed by atoms with Crippen LogP contribution in [0.5, 0.6) is 0 Å². The smallest absolute Gasteiger partial charge is 0.256 e. The first-order chi connectivity index (χ1) is 12.6. The summed E-state index contributed by atoms with van der Waals surface area (Å²) in [5.74, 6) is 0.518. The van der Waals surface area contributed by atoms with Gasteiger partial charge in [0.1, 0.15) is 5.82 Å². The Morgan fingerprint density at radius 2 is 2.15 bits per heavy atom. The molecule has 1 amide bonds. The van der Waals surface area contributed by atoms with E-state index in [1.54, 1.807) is 17.9 Å². The molecular weight excluding hydrogens is 330 g/mol. The lowest BCUT2D eigenvalue weighted by Gasteiger charge is -2.24. The van der Waals surface area contributed by atoms with Crippen LogP contribution < -0.4 is 5.73 Å². The van der Waals surface area contributed by atoms with Gasteiger partial charge in [0.2, 0.25) is 0 Å². The number of anilines is 1. The van der Waals surface area contributed by atoms with Gasteiger partial charge in [0, 0.05) is 44.0 Å². The highest BCUT2D eigenvalue weighted by Gasteiger charge is 2.37. The molecule has 2 aromatic heterocycles. The number of aryl methyl sites for hydroxylation is 1. The van der Waals surface area contributed by atoms with Gasteiger partial charge in [-0.25, -0.2) is 0 Å². The number of likely N-dealkylation sites (tertiary alicyclic amines) is 1. The van der Waals surface area contributed by atoms with E-state index in [4.69, 9.17) is 10.5 Å². The summed E-state index contributed by atoms with van der Waals surface area (Å²) in [6.07, 6.45) is 4.57. The van der Waals surface area contributed by atoms with E-state index in [1.807, 2.05) is 53.2 Å². The summed E-state index contributed by atoms with van der Waals surface area (Å²) in [6.45, 7) is 1.19. The molecule has 1 aliphatic heterocycles. The normalized spacial score (nSPS) is 20.2. The molecule has 0 unspecified atom stereocenters. The third-order valence-corrected chi connectivity index (χ3v) is 5.16. The van der Waals surface area contributed by atoms with Crippen LogP contribution in [0.2, 0.25) is 0 Å². The first-order valence-corrected chi connectivity index (χ1v) is 8.73. The fourth-order valence-electron chi connectivity index (χ4n) is 3.83. The van der Waals surface area contributed by atoms with Crippen LogP contribution in [0.1, 0.15) is 16.8 Å². The van der Waals surface area contributed by atoms with Gasteiger partial charge in [-0.2, -0.15) is 5.10 Å². The molecule has 4 rings (SSSR count). The van der Waals surface area contributed by atoms with Crippen molar-refractivity contribution in [2.75, 3.05) is 19.4 Å². The average molecular weight is 353 g/mol. The second-order valence-corrected chi connectivity index (χ2v) is 6.84. The van der Waals surface area contributed by atoms with Crippen LogP contribution >= 0.6 is 0 Å². The Balaban J connectivity index is 1.65. The molecule has 1 fully saturated rings. The first kappa shape index (κ1) is 16.7. The van der Waals surface area contributed by atoms with E-state index < -0.39 is 0 Å². The minimum absolute atomic E-state index is 0.0192. The molecule has 0 bridgehead atoms. The summed E-state index contributed by atoms with van der Waals surface area (Å²) in [6, 6.07) is 9.75. The number of aromatic nitrogens is 3. The number of hydrogen-bond acceptors (Lipinski definition) is 4. The summed E-state index contributed by atoms with van der Waals surface area (Å²) in [7, 11) is 3.66. The Morgan fingerprint density at radius 1 is 1.35 bits per heavy atom. The van der Waals surface area contributed by atoms with Gasteiger partial charge >= 0.3 is 0 Å². The summed E-state index contributed by atoms with van der Waals surface area (Å²) < 4.78 is 9.33. The van der Waals surface area contributed by atoms with Crippen molar-refractivity contribution in [3.8, 4) is 0 Å². The van der Waals surface area contributed by atoms with Gasteiger partial charge in [-0.15, -0.1) is 0 Å². The fraction of sp³-hybridized carbons (Fsp3) is 0.368. The number of hydrogen-bond donors (Lipinski definition) is 1. The number of methoxy groups -OCH3 is 1. The number of amides is 1. The predicted octanol–water partition coefficient (Wildman–Crippen LogP) is 1.89. The van der Waals surface area contributed by atoms with Gasteiger partial charge in [0.05, 0.1) is 24.3 Å². The highest BCUT2D eigenvalue weighted by atomic mass is 16.5. The molecule has 136 valence electrons. The largest absolute Gasteiger partial charge is 0.382 e. The predicted molar refractivity (Wildman–Crippen MR) is 99.8 cm³/mol. The number of para-hydroxylation sites is 1. The maximum atomic E-state index is 13.3. The Bertz CT molecular complexity index is 944. The Kier molecular flexibility index (Phi) is 4.16. The molecule has 2 atom stereocenters. The summed E-state index contributed by atoms with van der Waals surface area (Å²) >= 11 is 0. The SMILES string of the molecule is CO[C@@H]1C[C@@H](Cn2ccc(N)n2)N(C(=O)c2cn(C)c3ccccc23)C1. The van der Waals surface area contributed by atoms with Crippen LogP contribution in [0, 0.1) is 0 Å². The number of carbonyl (C=O) groups is 1. The minimum Gasteiger partial charge on any atom is -0.382 e. The van der Waals surface area contributed by atoms with Crippen molar-refractivity contribution < 1.29 is 9.53 Å². The van der Waals surface area contributed by atoms with E-state index >= 15 is 0 Å². The monoisotopic (exact) mass is 353 g/mol. The van der Waals surface area contributed by atoms with E-state index in [0.29, 0.717) is 18.9 Å². The van der Waals surface area contributed by atoms with Gasteiger partial charge < -0.3 is 19.9 Å². The maximum Gasteiger partial charge on any atom is 0.256 e. The molecule has 1 aliphatic rings. The number of nitrogen functional groups attached to an aromatic ring is 1. The summed E-state index contributed by atoms with van der Waals surface area (Å²) in [4.78, 5) is 15.3. The quantitative estimate of drug-likeness (QED) is 0.777. The van der Waals surface area contributed by atoms with E-state index in [0.717, 1.165) is 22.9 Å². The Labute approximate surface area is 151 Å². The maximum absolute atomic E-state index is 13.3. The summed E-state index contributed by atoms with van der Waals surface area (Å²) in [5.41, 5.74) is 7.49. The van der Waals surface area contributed by atoms with E-state index in [9.17, 15) is 4.79 Å². The molecular formula is C19H23N5O2. The van der Waals surface area contributed by atoms with Crippen molar-refractivity contribution in [3.05, 3.63) is 48.3 Å². The molecule has 26 heavy (non-hydrogen) atoms. The molecule has 0 radical (unpaired) electrons. The number of carbonyl (C=O) groups excluding carboxylic acids is 1.